The highest BCUT2D eigenvalue weighted by molar-refractivity contribution is 7.99. The number of carboxylic acids is 1. The van der Waals surface area contributed by atoms with E-state index >= 15 is 0 Å². The summed E-state index contributed by atoms with van der Waals surface area (Å²) in [4.78, 5) is 25.0. The molecule has 1 N–H and O–H groups in total. The fraction of sp³-hybridized carbons (Fsp3) is 0.400. The van der Waals surface area contributed by atoms with Gasteiger partial charge in [0.05, 0.1) is 10.9 Å². The van der Waals surface area contributed by atoms with Crippen LogP contribution in [0.3, 0.4) is 0 Å². The maximum absolute atomic E-state index is 12.2. The lowest BCUT2D eigenvalue weighted by Gasteiger charge is -2.19. The zero-order chi connectivity index (χ0) is 12.6. The van der Waals surface area contributed by atoms with Crippen LogP contribution in [-0.2, 0) is 4.79 Å². The van der Waals surface area contributed by atoms with Crippen LogP contribution in [0.1, 0.15) is 15.2 Å². The fourth-order valence-electron chi connectivity index (χ4n) is 1.55. The molecule has 92 valence electrons. The Balaban J connectivity index is 2.26. The van der Waals surface area contributed by atoms with Crippen LogP contribution < -0.4 is 0 Å². The molecule has 1 saturated heterocycles. The van der Waals surface area contributed by atoms with E-state index in [1.54, 1.807) is 5.38 Å². The number of nitrogens with zero attached hydrogens (tertiary/aromatic N) is 1. The van der Waals surface area contributed by atoms with Crippen LogP contribution in [-0.4, -0.2) is 39.6 Å². The maximum atomic E-state index is 12.2. The van der Waals surface area contributed by atoms with Gasteiger partial charge in [0, 0.05) is 5.75 Å². The minimum Gasteiger partial charge on any atom is -0.480 e. The van der Waals surface area contributed by atoms with E-state index in [2.05, 4.69) is 0 Å². The van der Waals surface area contributed by atoms with E-state index in [9.17, 15) is 9.59 Å². The third-order valence-corrected chi connectivity index (χ3v) is 5.22. The third kappa shape index (κ3) is 2.29. The van der Waals surface area contributed by atoms with Gasteiger partial charge in [0.25, 0.3) is 5.91 Å². The first kappa shape index (κ1) is 12.7. The average Bonchev–Trinajstić information content (AvgIpc) is 2.87. The van der Waals surface area contributed by atoms with Crippen molar-refractivity contribution in [2.24, 2.45) is 0 Å². The second kappa shape index (κ2) is 4.88. The zero-order valence-electron chi connectivity index (χ0n) is 8.97. The van der Waals surface area contributed by atoms with E-state index in [0.29, 0.717) is 21.5 Å². The van der Waals surface area contributed by atoms with Crippen LogP contribution in [0.5, 0.6) is 0 Å². The number of thiophene rings is 1. The number of hydrogen-bond acceptors (Lipinski definition) is 4. The van der Waals surface area contributed by atoms with Crippen molar-refractivity contribution in [3.8, 4) is 0 Å². The van der Waals surface area contributed by atoms with E-state index in [1.165, 1.54) is 28.0 Å². The molecule has 1 amide bonds. The lowest BCUT2D eigenvalue weighted by Crippen LogP contribution is -2.41. The summed E-state index contributed by atoms with van der Waals surface area (Å²) in [7, 11) is 0. The maximum Gasteiger partial charge on any atom is 0.327 e. The number of amides is 1. The Bertz CT molecular complexity index is 474. The van der Waals surface area contributed by atoms with Crippen molar-refractivity contribution in [3.05, 3.63) is 20.8 Å². The quantitative estimate of drug-likeness (QED) is 0.908. The number of carbonyl (C=O) groups is 2. The summed E-state index contributed by atoms with van der Waals surface area (Å²) >= 11 is 8.72. The summed E-state index contributed by atoms with van der Waals surface area (Å²) in [5, 5.41) is 11.2. The van der Waals surface area contributed by atoms with E-state index in [4.69, 9.17) is 16.7 Å². The van der Waals surface area contributed by atoms with Crippen LogP contribution in [0.4, 0.5) is 0 Å². The monoisotopic (exact) mass is 291 g/mol. The Kier molecular flexibility index (Phi) is 3.65. The molecular formula is C10H10ClNO3S2. The predicted molar refractivity (Wildman–Crippen MR) is 69.0 cm³/mol. The molecule has 1 atom stereocenters. The number of aliphatic carboxylic acids is 1. The van der Waals surface area contributed by atoms with Crippen LogP contribution >= 0.6 is 34.7 Å². The number of halogens is 1. The molecule has 2 rings (SSSR count). The molecule has 4 nitrogen and oxygen atoms in total. The van der Waals surface area contributed by atoms with Gasteiger partial charge in [-0.3, -0.25) is 4.79 Å². The molecule has 1 fully saturated rings. The summed E-state index contributed by atoms with van der Waals surface area (Å²) in [6.07, 6.45) is 0. The molecule has 1 aliphatic heterocycles. The number of carboxylic acid groups (broad SMARTS) is 1. The van der Waals surface area contributed by atoms with Crippen LogP contribution in [0.15, 0.2) is 5.38 Å². The normalized spacial score (nSPS) is 19.6. The Morgan fingerprint density at radius 1 is 1.59 bits per heavy atom. The van der Waals surface area contributed by atoms with Gasteiger partial charge in [0.15, 0.2) is 0 Å². The van der Waals surface area contributed by atoms with Crippen LogP contribution in [0.25, 0.3) is 0 Å². The van der Waals surface area contributed by atoms with Crippen LogP contribution in [0, 0.1) is 6.92 Å². The number of hydrogen-bond donors (Lipinski definition) is 1. The predicted octanol–water partition coefficient (Wildman–Crippen LogP) is 2.31. The Hall–Kier alpha value is -0.720. The van der Waals surface area contributed by atoms with Crippen molar-refractivity contribution in [3.63, 3.8) is 0 Å². The molecule has 0 radical (unpaired) electrons. The summed E-state index contributed by atoms with van der Waals surface area (Å²) in [5.74, 6) is -0.412. The Morgan fingerprint density at radius 2 is 2.29 bits per heavy atom. The van der Waals surface area contributed by atoms with Crippen molar-refractivity contribution in [1.82, 2.24) is 4.90 Å². The molecule has 0 aliphatic carbocycles. The standard InChI is InChI=1S/C10H10ClNO3S2/c1-5-2-17-8(7(5)11)9(13)12-4-16-3-6(12)10(14)15/h2,6H,3-4H2,1H3,(H,14,15). The third-order valence-electron chi connectivity index (χ3n) is 2.52. The van der Waals surface area contributed by atoms with Gasteiger partial charge in [-0.2, -0.15) is 0 Å². The van der Waals surface area contributed by atoms with Crippen molar-refractivity contribution in [2.45, 2.75) is 13.0 Å². The average molecular weight is 292 g/mol. The van der Waals surface area contributed by atoms with Crippen molar-refractivity contribution in [1.29, 1.82) is 0 Å². The van der Waals surface area contributed by atoms with Gasteiger partial charge >= 0.3 is 5.97 Å². The van der Waals surface area contributed by atoms with Gasteiger partial charge in [-0.05, 0) is 17.9 Å². The van der Waals surface area contributed by atoms with E-state index in [0.717, 1.165) is 5.56 Å². The van der Waals surface area contributed by atoms with Gasteiger partial charge in [0.1, 0.15) is 10.9 Å². The van der Waals surface area contributed by atoms with Gasteiger partial charge in [-0.1, -0.05) is 11.6 Å². The molecule has 1 unspecified atom stereocenters. The summed E-state index contributed by atoms with van der Waals surface area (Å²) in [6.45, 7) is 1.82. The highest BCUT2D eigenvalue weighted by Gasteiger charge is 2.36. The molecule has 1 aliphatic rings. The summed E-state index contributed by atoms with van der Waals surface area (Å²) in [5.41, 5.74) is 0.846. The topological polar surface area (TPSA) is 57.6 Å². The largest absolute Gasteiger partial charge is 0.480 e. The second-order valence-electron chi connectivity index (χ2n) is 3.69. The number of aryl methyl sites for hydroxylation is 1. The van der Waals surface area contributed by atoms with Crippen LogP contribution in [0.2, 0.25) is 5.02 Å². The summed E-state index contributed by atoms with van der Waals surface area (Å²) < 4.78 is 0. The zero-order valence-corrected chi connectivity index (χ0v) is 11.4. The Labute approximate surface area is 112 Å². The van der Waals surface area contributed by atoms with Crippen molar-refractivity contribution in [2.75, 3.05) is 11.6 Å². The number of carbonyl (C=O) groups excluding carboxylic acids is 1. The fourth-order valence-corrected chi connectivity index (χ4v) is 3.93. The minimum atomic E-state index is -0.965. The van der Waals surface area contributed by atoms with Gasteiger partial charge in [-0.25, -0.2) is 4.79 Å². The molecule has 2 heterocycles. The molecule has 0 saturated carbocycles. The highest BCUT2D eigenvalue weighted by atomic mass is 35.5. The molecule has 7 heteroatoms. The molecule has 0 bridgehead atoms. The lowest BCUT2D eigenvalue weighted by molar-refractivity contribution is -0.140. The van der Waals surface area contributed by atoms with Crippen molar-refractivity contribution < 1.29 is 14.7 Å². The SMILES string of the molecule is Cc1csc(C(=O)N2CSCC2C(=O)O)c1Cl. The van der Waals surface area contributed by atoms with E-state index < -0.39 is 12.0 Å². The van der Waals surface area contributed by atoms with Gasteiger partial charge in [0.2, 0.25) is 0 Å². The number of rotatable bonds is 2. The van der Waals surface area contributed by atoms with E-state index in [1.807, 2.05) is 6.92 Å². The lowest BCUT2D eigenvalue weighted by atomic mass is 10.2. The molecule has 1 aromatic heterocycles. The van der Waals surface area contributed by atoms with Gasteiger partial charge < -0.3 is 10.0 Å². The first-order chi connectivity index (χ1) is 8.02. The second-order valence-corrected chi connectivity index (χ2v) is 5.95. The first-order valence-electron chi connectivity index (χ1n) is 4.87. The minimum absolute atomic E-state index is 0.287. The molecular weight excluding hydrogens is 282 g/mol. The number of thioether (sulfide) groups is 1. The van der Waals surface area contributed by atoms with E-state index in [-0.39, 0.29) is 5.91 Å². The van der Waals surface area contributed by atoms with Gasteiger partial charge in [-0.15, -0.1) is 23.1 Å². The molecule has 0 spiro atoms. The summed E-state index contributed by atoms with van der Waals surface area (Å²) in [6, 6.07) is -0.744. The molecule has 17 heavy (non-hydrogen) atoms. The smallest absolute Gasteiger partial charge is 0.327 e. The highest BCUT2D eigenvalue weighted by Crippen LogP contribution is 2.31. The molecule has 0 aromatic carbocycles. The Morgan fingerprint density at radius 3 is 2.82 bits per heavy atom. The first-order valence-corrected chi connectivity index (χ1v) is 7.28. The van der Waals surface area contributed by atoms with Crippen molar-refractivity contribution >= 4 is 46.6 Å². The molecule has 1 aromatic rings.